The van der Waals surface area contributed by atoms with E-state index in [1.54, 1.807) is 16.3 Å². The minimum Gasteiger partial charge on any atom is -0.349 e. The molecule has 5 nitrogen and oxygen atoms in total. The van der Waals surface area contributed by atoms with Crippen LogP contribution in [0.5, 0.6) is 0 Å². The standard InChI is InChI=1S/C22H24N4OS/c1-3-25(4-2)14-15-28-22-24-19-17-12-8-9-13-18(17)23-20(19)21(27)26(22)16-10-6-5-7-11-16/h5-13,23H,3-4,14-15H2,1-2H3. The molecule has 4 rings (SSSR count). The number of hydrogen-bond acceptors (Lipinski definition) is 4. The number of nitrogens with one attached hydrogen (secondary N) is 1. The zero-order chi connectivity index (χ0) is 19.5. The van der Waals surface area contributed by atoms with Crippen LogP contribution >= 0.6 is 11.8 Å². The SMILES string of the molecule is CCN(CC)CCSc1nc2c([nH]c3ccccc32)c(=O)n1-c1ccccc1. The molecule has 0 radical (unpaired) electrons. The molecule has 4 aromatic rings. The lowest BCUT2D eigenvalue weighted by Gasteiger charge is -2.18. The summed E-state index contributed by atoms with van der Waals surface area (Å²) >= 11 is 1.64. The molecule has 0 saturated carbocycles. The summed E-state index contributed by atoms with van der Waals surface area (Å²) < 4.78 is 1.73. The molecular formula is C22H24N4OS. The first-order valence-electron chi connectivity index (χ1n) is 9.67. The molecule has 144 valence electrons. The van der Waals surface area contributed by atoms with E-state index in [-0.39, 0.29) is 5.56 Å². The van der Waals surface area contributed by atoms with Gasteiger partial charge < -0.3 is 9.88 Å². The lowest BCUT2D eigenvalue weighted by atomic mass is 10.2. The molecule has 0 fully saturated rings. The quantitative estimate of drug-likeness (QED) is 0.376. The molecule has 2 aromatic carbocycles. The molecule has 0 unspecified atom stereocenters. The van der Waals surface area contributed by atoms with Crippen molar-refractivity contribution in [3.8, 4) is 5.69 Å². The van der Waals surface area contributed by atoms with Gasteiger partial charge in [0, 0.05) is 23.2 Å². The summed E-state index contributed by atoms with van der Waals surface area (Å²) in [6, 6.07) is 17.7. The topological polar surface area (TPSA) is 53.9 Å². The molecule has 1 N–H and O–H groups in total. The van der Waals surface area contributed by atoms with Crippen molar-refractivity contribution in [2.75, 3.05) is 25.4 Å². The molecule has 0 atom stereocenters. The van der Waals surface area contributed by atoms with E-state index in [1.165, 1.54) is 0 Å². The van der Waals surface area contributed by atoms with E-state index in [0.717, 1.165) is 52.7 Å². The van der Waals surface area contributed by atoms with Crippen LogP contribution in [0.3, 0.4) is 0 Å². The van der Waals surface area contributed by atoms with Crippen molar-refractivity contribution in [1.29, 1.82) is 0 Å². The Labute approximate surface area is 168 Å². The summed E-state index contributed by atoms with van der Waals surface area (Å²) in [6.45, 7) is 7.36. The van der Waals surface area contributed by atoms with Gasteiger partial charge in [-0.1, -0.05) is 62.0 Å². The van der Waals surface area contributed by atoms with Crippen molar-refractivity contribution >= 4 is 33.7 Å². The maximum Gasteiger partial charge on any atom is 0.283 e. The number of hydrogen-bond donors (Lipinski definition) is 1. The maximum absolute atomic E-state index is 13.4. The third-order valence-electron chi connectivity index (χ3n) is 5.04. The molecule has 0 aliphatic rings. The van der Waals surface area contributed by atoms with Crippen LogP contribution < -0.4 is 5.56 Å². The Bertz CT molecular complexity index is 1150. The largest absolute Gasteiger partial charge is 0.349 e. The van der Waals surface area contributed by atoms with Crippen LogP contribution in [0, 0.1) is 0 Å². The predicted molar refractivity (Wildman–Crippen MR) is 118 cm³/mol. The Balaban J connectivity index is 1.85. The van der Waals surface area contributed by atoms with Gasteiger partial charge in [-0.05, 0) is 31.3 Å². The lowest BCUT2D eigenvalue weighted by Crippen LogP contribution is -2.26. The van der Waals surface area contributed by atoms with Crippen LogP contribution in [0.15, 0.2) is 64.5 Å². The van der Waals surface area contributed by atoms with E-state index in [0.29, 0.717) is 5.52 Å². The molecule has 0 amide bonds. The number of H-pyrrole nitrogens is 1. The average Bonchev–Trinajstić information content (AvgIpc) is 3.11. The molecular weight excluding hydrogens is 368 g/mol. The van der Waals surface area contributed by atoms with Gasteiger partial charge in [0.25, 0.3) is 5.56 Å². The van der Waals surface area contributed by atoms with E-state index in [4.69, 9.17) is 4.98 Å². The molecule has 28 heavy (non-hydrogen) atoms. The average molecular weight is 393 g/mol. The first kappa shape index (κ1) is 18.8. The zero-order valence-corrected chi connectivity index (χ0v) is 17.0. The minimum absolute atomic E-state index is 0.0576. The number of nitrogens with zero attached hydrogens (tertiary/aromatic N) is 3. The summed E-state index contributed by atoms with van der Waals surface area (Å²) in [5.41, 5.74) is 3.02. The molecule has 0 aliphatic carbocycles. The first-order valence-corrected chi connectivity index (χ1v) is 10.7. The normalized spacial score (nSPS) is 11.7. The van der Waals surface area contributed by atoms with Crippen LogP contribution in [0.1, 0.15) is 13.8 Å². The number of rotatable bonds is 7. The van der Waals surface area contributed by atoms with Gasteiger partial charge in [-0.3, -0.25) is 9.36 Å². The van der Waals surface area contributed by atoms with Crippen molar-refractivity contribution in [2.45, 2.75) is 19.0 Å². The third-order valence-corrected chi connectivity index (χ3v) is 5.96. The second-order valence-electron chi connectivity index (χ2n) is 6.64. The summed E-state index contributed by atoms with van der Waals surface area (Å²) in [5.74, 6) is 0.884. The van der Waals surface area contributed by atoms with Crippen molar-refractivity contribution in [2.24, 2.45) is 0 Å². The van der Waals surface area contributed by atoms with Crippen LogP contribution in [0.2, 0.25) is 0 Å². The summed E-state index contributed by atoms with van der Waals surface area (Å²) in [7, 11) is 0. The van der Waals surface area contributed by atoms with Crippen LogP contribution in [0.25, 0.3) is 27.6 Å². The highest BCUT2D eigenvalue weighted by Crippen LogP contribution is 2.26. The number of fused-ring (bicyclic) bond motifs is 3. The van der Waals surface area contributed by atoms with Gasteiger partial charge in [0.2, 0.25) is 0 Å². The van der Waals surface area contributed by atoms with E-state index >= 15 is 0 Å². The number of aromatic nitrogens is 3. The molecule has 0 saturated heterocycles. The summed E-state index contributed by atoms with van der Waals surface area (Å²) in [6.07, 6.45) is 0. The molecule has 0 bridgehead atoms. The zero-order valence-electron chi connectivity index (χ0n) is 16.2. The van der Waals surface area contributed by atoms with Gasteiger partial charge >= 0.3 is 0 Å². The van der Waals surface area contributed by atoms with Crippen molar-refractivity contribution < 1.29 is 0 Å². The van der Waals surface area contributed by atoms with Gasteiger partial charge in [-0.25, -0.2) is 4.98 Å². The number of para-hydroxylation sites is 2. The van der Waals surface area contributed by atoms with Gasteiger partial charge in [0.05, 0.1) is 5.69 Å². The molecule has 2 aromatic heterocycles. The van der Waals surface area contributed by atoms with Crippen LogP contribution in [-0.4, -0.2) is 44.8 Å². The van der Waals surface area contributed by atoms with Gasteiger partial charge in [-0.2, -0.15) is 0 Å². The fraction of sp³-hybridized carbons (Fsp3) is 0.273. The Hall–Kier alpha value is -2.57. The fourth-order valence-electron chi connectivity index (χ4n) is 3.45. The minimum atomic E-state index is -0.0576. The van der Waals surface area contributed by atoms with Crippen molar-refractivity contribution in [3.05, 3.63) is 65.0 Å². The lowest BCUT2D eigenvalue weighted by molar-refractivity contribution is 0.324. The Morgan fingerprint density at radius 2 is 1.75 bits per heavy atom. The first-order chi connectivity index (χ1) is 13.7. The Morgan fingerprint density at radius 3 is 2.50 bits per heavy atom. The van der Waals surface area contributed by atoms with Crippen molar-refractivity contribution in [1.82, 2.24) is 19.4 Å². The highest BCUT2D eigenvalue weighted by Gasteiger charge is 2.17. The number of thioether (sulfide) groups is 1. The second-order valence-corrected chi connectivity index (χ2v) is 7.70. The summed E-state index contributed by atoms with van der Waals surface area (Å²) in [4.78, 5) is 24.0. The van der Waals surface area contributed by atoms with E-state index in [1.807, 2.05) is 54.6 Å². The van der Waals surface area contributed by atoms with Gasteiger partial charge in [-0.15, -0.1) is 0 Å². The number of benzene rings is 2. The van der Waals surface area contributed by atoms with Gasteiger partial charge in [0.1, 0.15) is 11.0 Å². The van der Waals surface area contributed by atoms with E-state index in [2.05, 4.69) is 23.7 Å². The molecule has 0 spiro atoms. The van der Waals surface area contributed by atoms with Crippen molar-refractivity contribution in [3.63, 3.8) is 0 Å². The van der Waals surface area contributed by atoms with E-state index < -0.39 is 0 Å². The predicted octanol–water partition coefficient (Wildman–Crippen LogP) is 4.30. The maximum atomic E-state index is 13.4. The van der Waals surface area contributed by atoms with Crippen LogP contribution in [0.4, 0.5) is 0 Å². The molecule has 2 heterocycles. The van der Waals surface area contributed by atoms with E-state index in [9.17, 15) is 4.79 Å². The smallest absolute Gasteiger partial charge is 0.283 e. The number of aromatic amines is 1. The third kappa shape index (κ3) is 3.45. The van der Waals surface area contributed by atoms with Crippen LogP contribution in [-0.2, 0) is 0 Å². The second kappa shape index (κ2) is 8.20. The molecule has 6 heteroatoms. The Morgan fingerprint density at radius 1 is 1.04 bits per heavy atom. The highest BCUT2D eigenvalue weighted by molar-refractivity contribution is 7.99. The monoisotopic (exact) mass is 392 g/mol. The van der Waals surface area contributed by atoms with Gasteiger partial charge in [0.15, 0.2) is 5.16 Å². The highest BCUT2D eigenvalue weighted by atomic mass is 32.2. The fourth-order valence-corrected chi connectivity index (χ4v) is 4.46. The Kier molecular flexibility index (Phi) is 5.50. The molecule has 0 aliphatic heterocycles. The summed E-state index contributed by atoms with van der Waals surface area (Å²) in [5, 5.41) is 1.72.